The largest absolute Gasteiger partial charge is 0.464 e. The van der Waals surface area contributed by atoms with Crippen LogP contribution in [0, 0.1) is 0 Å². The molecule has 0 rings (SSSR count). The number of hydrogen-bond acceptors (Lipinski definition) is 6. The molecule has 0 aromatic rings. The highest BCUT2D eigenvalue weighted by Gasteiger charge is 2.26. The van der Waals surface area contributed by atoms with Gasteiger partial charge in [0.05, 0.1) is 0 Å². The minimum atomic E-state index is -4.45. The maximum atomic E-state index is 11.3. The summed E-state index contributed by atoms with van der Waals surface area (Å²) in [6.45, 7) is 2.76. The summed E-state index contributed by atoms with van der Waals surface area (Å²) in [6, 6.07) is 0. The molecule has 0 aromatic heterocycles. The quantitative estimate of drug-likeness (QED) is 0.455. The van der Waals surface area contributed by atoms with Gasteiger partial charge in [-0.1, -0.05) is 26.7 Å². The van der Waals surface area contributed by atoms with Crippen molar-refractivity contribution in [2.75, 3.05) is 13.2 Å². The van der Waals surface area contributed by atoms with E-state index in [1.165, 1.54) is 0 Å². The lowest BCUT2D eigenvalue weighted by Gasteiger charge is -2.14. The molecule has 0 heterocycles. The first kappa shape index (κ1) is 19.9. The third-order valence-electron chi connectivity index (χ3n) is 2.75. The van der Waals surface area contributed by atoms with Crippen molar-refractivity contribution in [2.45, 2.75) is 57.6 Å². The minimum Gasteiger partial charge on any atom is -0.464 e. The Bertz CT molecular complexity index is 392. The van der Waals surface area contributed by atoms with E-state index in [-0.39, 0.29) is 12.8 Å². The van der Waals surface area contributed by atoms with Gasteiger partial charge in [-0.2, -0.15) is 8.42 Å². The van der Waals surface area contributed by atoms with E-state index in [4.69, 9.17) is 14.0 Å². The number of unbranched alkanes of at least 4 members (excludes halogenated alkanes) is 2. The van der Waals surface area contributed by atoms with Gasteiger partial charge < -0.3 is 9.47 Å². The second-order valence-electron chi connectivity index (χ2n) is 4.71. The van der Waals surface area contributed by atoms with Gasteiger partial charge in [0.15, 0.2) is 5.25 Å². The first-order chi connectivity index (χ1) is 9.81. The van der Waals surface area contributed by atoms with Gasteiger partial charge in [-0.05, 0) is 12.8 Å². The average Bonchev–Trinajstić information content (AvgIpc) is 2.41. The van der Waals surface area contributed by atoms with Crippen molar-refractivity contribution in [3.05, 3.63) is 0 Å². The van der Waals surface area contributed by atoms with E-state index in [1.54, 1.807) is 0 Å². The molecule has 21 heavy (non-hydrogen) atoms. The zero-order valence-corrected chi connectivity index (χ0v) is 13.4. The highest BCUT2D eigenvalue weighted by molar-refractivity contribution is 7.86. The number of esters is 2. The van der Waals surface area contributed by atoms with E-state index in [9.17, 15) is 18.0 Å². The Kier molecular flexibility index (Phi) is 9.98. The van der Waals surface area contributed by atoms with Gasteiger partial charge in [-0.15, -0.1) is 0 Å². The summed E-state index contributed by atoms with van der Waals surface area (Å²) < 4.78 is 40.9. The van der Waals surface area contributed by atoms with E-state index in [0.717, 1.165) is 12.8 Å². The monoisotopic (exact) mass is 324 g/mol. The van der Waals surface area contributed by atoms with Crippen LogP contribution in [0.1, 0.15) is 52.4 Å². The highest BCUT2D eigenvalue weighted by Crippen LogP contribution is 2.05. The van der Waals surface area contributed by atoms with Crippen LogP contribution in [-0.2, 0) is 29.2 Å². The number of hydrogen-bond donors (Lipinski definition) is 1. The number of carbonyl (C=O) groups is 2. The fraction of sp³-hybridized carbons (Fsp3) is 0.846. The molecule has 0 bridgehead atoms. The third kappa shape index (κ3) is 10.3. The second-order valence-corrected chi connectivity index (χ2v) is 6.41. The van der Waals surface area contributed by atoms with Crippen molar-refractivity contribution in [1.82, 2.24) is 0 Å². The van der Waals surface area contributed by atoms with E-state index in [2.05, 4.69) is 0 Å². The molecule has 0 radical (unpaired) electrons. The zero-order valence-electron chi connectivity index (χ0n) is 12.5. The summed E-state index contributed by atoms with van der Waals surface area (Å²) in [5, 5.41) is -1.45. The molecular weight excluding hydrogens is 300 g/mol. The van der Waals surface area contributed by atoms with Crippen molar-refractivity contribution in [3.8, 4) is 0 Å². The van der Waals surface area contributed by atoms with Gasteiger partial charge in [0.25, 0.3) is 10.1 Å². The molecule has 0 saturated heterocycles. The maximum absolute atomic E-state index is 11.3. The standard InChI is InChI=1S/C13H24O7S/c1-3-5-7-12(14)19-9-11(21(16,17)18)10-20-13(15)8-6-4-2/h11H,3-10H2,1-2H3,(H,16,17,18). The van der Waals surface area contributed by atoms with Crippen LogP contribution >= 0.6 is 0 Å². The molecule has 0 aliphatic heterocycles. The molecule has 0 unspecified atom stereocenters. The second kappa shape index (κ2) is 10.6. The van der Waals surface area contributed by atoms with Crippen molar-refractivity contribution in [3.63, 3.8) is 0 Å². The van der Waals surface area contributed by atoms with Crippen LogP contribution in [0.3, 0.4) is 0 Å². The lowest BCUT2D eigenvalue weighted by atomic mass is 10.2. The third-order valence-corrected chi connectivity index (χ3v) is 3.87. The first-order valence-electron chi connectivity index (χ1n) is 7.08. The molecule has 0 aliphatic carbocycles. The zero-order chi connectivity index (χ0) is 16.3. The van der Waals surface area contributed by atoms with Crippen molar-refractivity contribution in [2.24, 2.45) is 0 Å². The Morgan fingerprint density at radius 1 is 0.952 bits per heavy atom. The van der Waals surface area contributed by atoms with E-state index in [1.807, 2.05) is 13.8 Å². The van der Waals surface area contributed by atoms with Gasteiger partial charge in [-0.3, -0.25) is 14.1 Å². The Morgan fingerprint density at radius 3 is 1.62 bits per heavy atom. The Morgan fingerprint density at radius 2 is 1.33 bits per heavy atom. The van der Waals surface area contributed by atoms with Crippen molar-refractivity contribution < 1.29 is 32.0 Å². The van der Waals surface area contributed by atoms with Crippen LogP contribution in [0.15, 0.2) is 0 Å². The van der Waals surface area contributed by atoms with Crippen LogP contribution in [0.5, 0.6) is 0 Å². The molecule has 7 nitrogen and oxygen atoms in total. The van der Waals surface area contributed by atoms with Crippen LogP contribution in [-0.4, -0.2) is 43.4 Å². The minimum absolute atomic E-state index is 0.185. The Hall–Kier alpha value is -1.15. The van der Waals surface area contributed by atoms with Gasteiger partial charge in [0.1, 0.15) is 13.2 Å². The number of rotatable bonds is 11. The first-order valence-corrected chi connectivity index (χ1v) is 8.59. The summed E-state index contributed by atoms with van der Waals surface area (Å²) in [4.78, 5) is 22.6. The average molecular weight is 324 g/mol. The van der Waals surface area contributed by atoms with Crippen LogP contribution in [0.25, 0.3) is 0 Å². The molecule has 0 amide bonds. The summed E-state index contributed by atoms with van der Waals surface area (Å²) in [5.74, 6) is -1.08. The van der Waals surface area contributed by atoms with E-state index in [0.29, 0.717) is 12.8 Å². The molecule has 0 fully saturated rings. The maximum Gasteiger partial charge on any atom is 0.305 e. The smallest absolute Gasteiger partial charge is 0.305 e. The fourth-order valence-electron chi connectivity index (χ4n) is 1.38. The molecule has 124 valence electrons. The predicted molar refractivity (Wildman–Crippen MR) is 76.3 cm³/mol. The van der Waals surface area contributed by atoms with Gasteiger partial charge in [-0.25, -0.2) is 0 Å². The van der Waals surface area contributed by atoms with Crippen LogP contribution < -0.4 is 0 Å². The molecular formula is C13H24O7S. The highest BCUT2D eigenvalue weighted by atomic mass is 32.2. The Labute approximate surface area is 125 Å². The summed E-state index contributed by atoms with van der Waals surface area (Å²) in [6.07, 6.45) is 3.27. The number of carbonyl (C=O) groups excluding carboxylic acids is 2. The van der Waals surface area contributed by atoms with Crippen LogP contribution in [0.4, 0.5) is 0 Å². The topological polar surface area (TPSA) is 107 Å². The van der Waals surface area contributed by atoms with E-state index < -0.39 is 40.5 Å². The van der Waals surface area contributed by atoms with E-state index >= 15 is 0 Å². The van der Waals surface area contributed by atoms with Crippen LogP contribution in [0.2, 0.25) is 0 Å². The van der Waals surface area contributed by atoms with Crippen molar-refractivity contribution >= 4 is 22.1 Å². The SMILES string of the molecule is CCCCC(=O)OCC(COC(=O)CCCC)S(=O)(=O)O. The van der Waals surface area contributed by atoms with Crippen molar-refractivity contribution in [1.29, 1.82) is 0 Å². The molecule has 0 saturated carbocycles. The Balaban J connectivity index is 4.29. The fourth-order valence-corrected chi connectivity index (χ4v) is 1.86. The summed E-state index contributed by atoms with van der Waals surface area (Å²) in [7, 11) is -4.45. The molecule has 0 aliphatic rings. The normalized spacial score (nSPS) is 11.4. The summed E-state index contributed by atoms with van der Waals surface area (Å²) in [5.41, 5.74) is 0. The molecule has 0 spiro atoms. The number of ether oxygens (including phenoxy) is 2. The molecule has 0 aromatic carbocycles. The summed E-state index contributed by atoms with van der Waals surface area (Å²) >= 11 is 0. The van der Waals surface area contributed by atoms with Gasteiger partial charge in [0, 0.05) is 12.8 Å². The predicted octanol–water partition coefficient (Wildman–Crippen LogP) is 1.71. The van der Waals surface area contributed by atoms with Gasteiger partial charge in [0.2, 0.25) is 0 Å². The van der Waals surface area contributed by atoms with Gasteiger partial charge >= 0.3 is 11.9 Å². The lowest BCUT2D eigenvalue weighted by molar-refractivity contribution is -0.146. The molecule has 0 atom stereocenters. The molecule has 8 heteroatoms. The molecule has 1 N–H and O–H groups in total. The lowest BCUT2D eigenvalue weighted by Crippen LogP contribution is -2.33.